The smallest absolute Gasteiger partial charge is 0.160 e. The second-order valence-electron chi connectivity index (χ2n) is 3.56. The van der Waals surface area contributed by atoms with Crippen molar-refractivity contribution in [2.24, 2.45) is 0 Å². The Kier molecular flexibility index (Phi) is 2.67. The van der Waals surface area contributed by atoms with E-state index in [1.165, 1.54) is 6.33 Å². The first kappa shape index (κ1) is 10.4. The minimum Gasteiger partial charge on any atom is -0.289 e. The summed E-state index contributed by atoms with van der Waals surface area (Å²) in [5.41, 5.74) is 1.77. The summed E-state index contributed by atoms with van der Waals surface area (Å²) in [6.45, 7) is 0. The lowest BCUT2D eigenvalue weighted by molar-refractivity contribution is 0.961. The number of nitrogens with zero attached hydrogens (tertiary/aromatic N) is 6. The van der Waals surface area contributed by atoms with E-state index in [1.807, 2.05) is 53.2 Å². The van der Waals surface area contributed by atoms with Crippen LogP contribution in [0.2, 0.25) is 0 Å². The minimum absolute atomic E-state index is 0.887. The zero-order chi connectivity index (χ0) is 12.2. The molecule has 4 aromatic rings. The van der Waals surface area contributed by atoms with Gasteiger partial charge in [0.2, 0.25) is 0 Å². The molecule has 0 aliphatic heterocycles. The van der Waals surface area contributed by atoms with Crippen molar-refractivity contribution in [1.29, 1.82) is 0 Å². The molecule has 0 aromatic carbocycles. The van der Waals surface area contributed by atoms with Gasteiger partial charge in [0.05, 0.1) is 0 Å². The summed E-state index contributed by atoms with van der Waals surface area (Å²) >= 11 is 0. The number of hydrogen-bond donors (Lipinski definition) is 0. The van der Waals surface area contributed by atoms with Gasteiger partial charge in [-0.2, -0.15) is 5.10 Å². The molecule has 18 heavy (non-hydrogen) atoms. The third-order valence-corrected chi connectivity index (χ3v) is 2.39. The molecule has 0 N–H and O–H groups in total. The van der Waals surface area contributed by atoms with E-state index < -0.39 is 0 Å². The fourth-order valence-corrected chi connectivity index (χ4v) is 1.54. The van der Waals surface area contributed by atoms with Crippen molar-refractivity contribution >= 4 is 11.3 Å². The Labute approximate surface area is 103 Å². The summed E-state index contributed by atoms with van der Waals surface area (Å²) in [4.78, 5) is 3.97. The van der Waals surface area contributed by atoms with Crippen LogP contribution in [0.15, 0.2) is 61.4 Å². The topological polar surface area (TPSA) is 60.4 Å². The molecule has 0 aliphatic carbocycles. The maximum Gasteiger partial charge on any atom is 0.160 e. The van der Waals surface area contributed by atoms with E-state index in [4.69, 9.17) is 0 Å². The molecule has 6 heteroatoms. The van der Waals surface area contributed by atoms with Crippen molar-refractivity contribution in [3.8, 4) is 0 Å². The maximum absolute atomic E-state index is 3.97. The molecule has 88 valence electrons. The van der Waals surface area contributed by atoms with Gasteiger partial charge in [-0.15, -0.1) is 10.2 Å². The highest BCUT2D eigenvalue weighted by molar-refractivity contribution is 5.35. The van der Waals surface area contributed by atoms with Crippen LogP contribution in [0.3, 0.4) is 0 Å². The lowest BCUT2D eigenvalue weighted by Gasteiger charge is -1.84. The van der Waals surface area contributed by atoms with E-state index in [0.717, 1.165) is 11.3 Å². The van der Waals surface area contributed by atoms with Gasteiger partial charge in [-0.1, -0.05) is 12.1 Å². The molecule has 6 nitrogen and oxygen atoms in total. The zero-order valence-electron chi connectivity index (χ0n) is 9.46. The predicted octanol–water partition coefficient (Wildman–Crippen LogP) is 1.46. The van der Waals surface area contributed by atoms with E-state index in [-0.39, 0.29) is 0 Å². The quantitative estimate of drug-likeness (QED) is 0.465. The molecule has 0 amide bonds. The fourth-order valence-electron chi connectivity index (χ4n) is 1.54. The number of aromatic nitrogens is 6. The first-order valence-corrected chi connectivity index (χ1v) is 5.42. The standard InChI is InChI=1S/2C6H5N3/c1-2-4-9-5-7-8-6(9)3-1;1-2-4-9-6(3-1)7-5-8-9/h2*1-5H. The molecule has 0 saturated carbocycles. The summed E-state index contributed by atoms with van der Waals surface area (Å²) in [7, 11) is 0. The molecule has 0 radical (unpaired) electrons. The largest absolute Gasteiger partial charge is 0.289 e. The van der Waals surface area contributed by atoms with E-state index in [2.05, 4.69) is 20.3 Å². The van der Waals surface area contributed by atoms with Crippen LogP contribution in [0.1, 0.15) is 0 Å². The van der Waals surface area contributed by atoms with Crippen molar-refractivity contribution in [2.45, 2.75) is 0 Å². The van der Waals surface area contributed by atoms with Crippen LogP contribution in [0.25, 0.3) is 11.3 Å². The Morgan fingerprint density at radius 1 is 0.889 bits per heavy atom. The van der Waals surface area contributed by atoms with Crippen molar-refractivity contribution in [3.05, 3.63) is 61.4 Å². The van der Waals surface area contributed by atoms with Crippen LogP contribution in [0.5, 0.6) is 0 Å². The second-order valence-corrected chi connectivity index (χ2v) is 3.56. The highest BCUT2D eigenvalue weighted by Crippen LogP contribution is 1.94. The predicted molar refractivity (Wildman–Crippen MR) is 66.0 cm³/mol. The summed E-state index contributed by atoms with van der Waals surface area (Å²) in [5.74, 6) is 0. The number of fused-ring (bicyclic) bond motifs is 2. The second kappa shape index (κ2) is 4.62. The summed E-state index contributed by atoms with van der Waals surface area (Å²) in [5, 5.41) is 11.5. The van der Waals surface area contributed by atoms with Gasteiger partial charge in [-0.25, -0.2) is 9.50 Å². The van der Waals surface area contributed by atoms with Crippen molar-refractivity contribution in [2.75, 3.05) is 0 Å². The molecule has 0 fully saturated rings. The third kappa shape index (κ3) is 2.03. The normalized spacial score (nSPS) is 10.2. The maximum atomic E-state index is 3.97. The van der Waals surface area contributed by atoms with E-state index in [1.54, 1.807) is 10.8 Å². The highest BCUT2D eigenvalue weighted by atomic mass is 15.3. The van der Waals surface area contributed by atoms with Gasteiger partial charge < -0.3 is 0 Å². The van der Waals surface area contributed by atoms with Crippen LogP contribution in [0, 0.1) is 0 Å². The number of rotatable bonds is 0. The van der Waals surface area contributed by atoms with E-state index in [9.17, 15) is 0 Å². The first-order valence-electron chi connectivity index (χ1n) is 5.42. The fraction of sp³-hybridized carbons (Fsp3) is 0. The number of hydrogen-bond acceptors (Lipinski definition) is 4. The van der Waals surface area contributed by atoms with Gasteiger partial charge >= 0.3 is 0 Å². The van der Waals surface area contributed by atoms with Crippen molar-refractivity contribution in [1.82, 2.24) is 29.2 Å². The van der Waals surface area contributed by atoms with Crippen LogP contribution in [-0.2, 0) is 0 Å². The van der Waals surface area contributed by atoms with Gasteiger partial charge in [0.15, 0.2) is 11.3 Å². The van der Waals surface area contributed by atoms with E-state index in [0.29, 0.717) is 0 Å². The molecule has 0 bridgehead atoms. The average Bonchev–Trinajstić information content (AvgIpc) is 3.08. The van der Waals surface area contributed by atoms with Gasteiger partial charge in [0.1, 0.15) is 12.7 Å². The number of pyridine rings is 2. The van der Waals surface area contributed by atoms with Gasteiger partial charge in [-0.3, -0.25) is 4.40 Å². The molecule has 4 rings (SSSR count). The Balaban J connectivity index is 0.000000111. The molecular formula is C12H10N6. The van der Waals surface area contributed by atoms with Crippen molar-refractivity contribution < 1.29 is 0 Å². The van der Waals surface area contributed by atoms with Crippen LogP contribution in [-0.4, -0.2) is 29.2 Å². The molecule has 0 aliphatic rings. The Hall–Kier alpha value is -2.76. The van der Waals surface area contributed by atoms with Crippen LogP contribution in [0.4, 0.5) is 0 Å². The Morgan fingerprint density at radius 3 is 2.56 bits per heavy atom. The van der Waals surface area contributed by atoms with Crippen LogP contribution < -0.4 is 0 Å². The molecule has 4 aromatic heterocycles. The zero-order valence-corrected chi connectivity index (χ0v) is 9.46. The summed E-state index contributed by atoms with van der Waals surface area (Å²) < 4.78 is 3.58. The molecule has 0 atom stereocenters. The molecular weight excluding hydrogens is 228 g/mol. The van der Waals surface area contributed by atoms with Gasteiger partial charge in [0, 0.05) is 12.4 Å². The first-order chi connectivity index (χ1) is 8.93. The molecule has 0 spiro atoms. The van der Waals surface area contributed by atoms with Crippen LogP contribution >= 0.6 is 0 Å². The molecule has 0 unspecified atom stereocenters. The van der Waals surface area contributed by atoms with Gasteiger partial charge in [0.25, 0.3) is 0 Å². The van der Waals surface area contributed by atoms with Crippen molar-refractivity contribution in [3.63, 3.8) is 0 Å². The lowest BCUT2D eigenvalue weighted by Crippen LogP contribution is -1.82. The summed E-state index contributed by atoms with van der Waals surface area (Å²) in [6.07, 6.45) is 6.99. The highest BCUT2D eigenvalue weighted by Gasteiger charge is 1.87. The third-order valence-electron chi connectivity index (χ3n) is 2.39. The summed E-state index contributed by atoms with van der Waals surface area (Å²) in [6, 6.07) is 11.5. The van der Waals surface area contributed by atoms with E-state index >= 15 is 0 Å². The SMILES string of the molecule is c1ccn2cnnc2c1.c1ccn2ncnc2c1. The molecule has 0 saturated heterocycles. The Bertz CT molecular complexity index is 631. The Morgan fingerprint density at radius 2 is 1.72 bits per heavy atom. The lowest BCUT2D eigenvalue weighted by atomic mass is 10.5. The average molecular weight is 238 g/mol. The monoisotopic (exact) mass is 238 g/mol. The van der Waals surface area contributed by atoms with Gasteiger partial charge in [-0.05, 0) is 24.3 Å². The molecule has 4 heterocycles. The minimum atomic E-state index is 0.887.